The molecule has 0 aliphatic heterocycles. The van der Waals surface area contributed by atoms with Gasteiger partial charge in [0.05, 0.1) is 11.5 Å². The first-order valence-corrected chi connectivity index (χ1v) is 9.20. The van der Waals surface area contributed by atoms with Gasteiger partial charge in [-0.1, -0.05) is 38.8 Å². The van der Waals surface area contributed by atoms with Crippen LogP contribution in [-0.2, 0) is 26.0 Å². The van der Waals surface area contributed by atoms with E-state index in [1.54, 1.807) is 31.2 Å². The molecule has 0 fully saturated rings. The molecular formula is C16H25NO4S. The molecule has 22 heavy (non-hydrogen) atoms. The quantitative estimate of drug-likeness (QED) is 0.708. The van der Waals surface area contributed by atoms with Gasteiger partial charge in [-0.15, -0.1) is 0 Å². The molecule has 0 saturated heterocycles. The van der Waals surface area contributed by atoms with Crippen LogP contribution in [0, 0.1) is 0 Å². The fourth-order valence-corrected chi connectivity index (χ4v) is 3.25. The van der Waals surface area contributed by atoms with Gasteiger partial charge in [0.1, 0.15) is 6.04 Å². The Morgan fingerprint density at radius 1 is 1.18 bits per heavy atom. The van der Waals surface area contributed by atoms with E-state index in [9.17, 15) is 13.2 Å². The summed E-state index contributed by atoms with van der Waals surface area (Å²) in [6.07, 6.45) is 2.90. The fraction of sp³-hybridized carbons (Fsp3) is 0.562. The van der Waals surface area contributed by atoms with E-state index in [4.69, 9.17) is 4.74 Å². The molecule has 0 heterocycles. The molecule has 0 aliphatic carbocycles. The third-order valence-corrected chi connectivity index (χ3v) is 4.84. The van der Waals surface area contributed by atoms with Crippen molar-refractivity contribution in [3.05, 3.63) is 29.8 Å². The Kier molecular flexibility index (Phi) is 7.55. The number of hydrogen-bond donors (Lipinski definition) is 1. The van der Waals surface area contributed by atoms with Crippen molar-refractivity contribution < 1.29 is 17.9 Å². The van der Waals surface area contributed by atoms with Crippen molar-refractivity contribution in [1.82, 2.24) is 4.72 Å². The number of hydrogen-bond acceptors (Lipinski definition) is 4. The largest absolute Gasteiger partial charge is 0.465 e. The highest BCUT2D eigenvalue weighted by Gasteiger charge is 2.26. The monoisotopic (exact) mass is 327 g/mol. The van der Waals surface area contributed by atoms with E-state index in [1.165, 1.54) is 0 Å². The van der Waals surface area contributed by atoms with E-state index in [-0.39, 0.29) is 11.5 Å². The molecule has 1 atom stereocenters. The number of carbonyl (C=O) groups is 1. The number of esters is 1. The summed E-state index contributed by atoms with van der Waals surface area (Å²) in [6, 6.07) is 5.84. The first kappa shape index (κ1) is 18.6. The summed E-state index contributed by atoms with van der Waals surface area (Å²) in [7, 11) is -3.73. The van der Waals surface area contributed by atoms with E-state index in [1.807, 2.05) is 13.8 Å². The third-order valence-electron chi connectivity index (χ3n) is 3.36. The molecule has 0 radical (unpaired) electrons. The summed E-state index contributed by atoms with van der Waals surface area (Å²) in [6.45, 7) is 5.92. The van der Waals surface area contributed by atoms with Crippen LogP contribution in [0.2, 0.25) is 0 Å². The molecular weight excluding hydrogens is 302 g/mol. The van der Waals surface area contributed by atoms with Crippen LogP contribution in [0.1, 0.15) is 45.6 Å². The van der Waals surface area contributed by atoms with Crippen molar-refractivity contribution in [1.29, 1.82) is 0 Å². The predicted molar refractivity (Wildman–Crippen MR) is 86.1 cm³/mol. The van der Waals surface area contributed by atoms with E-state index in [2.05, 4.69) is 4.72 Å². The molecule has 6 heteroatoms. The molecule has 0 aromatic heterocycles. The molecule has 1 aromatic carbocycles. The van der Waals surface area contributed by atoms with Crippen LogP contribution in [0.15, 0.2) is 29.2 Å². The summed E-state index contributed by atoms with van der Waals surface area (Å²) >= 11 is 0. The lowest BCUT2D eigenvalue weighted by Crippen LogP contribution is -2.41. The van der Waals surface area contributed by atoms with Crippen molar-refractivity contribution in [2.45, 2.75) is 57.4 Å². The number of sulfonamides is 1. The Bertz CT molecular complexity index is 566. The highest BCUT2D eigenvalue weighted by atomic mass is 32.2. The van der Waals surface area contributed by atoms with Crippen molar-refractivity contribution in [2.75, 3.05) is 6.61 Å². The van der Waals surface area contributed by atoms with Crippen LogP contribution >= 0.6 is 0 Å². The Morgan fingerprint density at radius 2 is 1.82 bits per heavy atom. The molecule has 0 bridgehead atoms. The maximum absolute atomic E-state index is 12.4. The first-order valence-electron chi connectivity index (χ1n) is 7.72. The van der Waals surface area contributed by atoms with Gasteiger partial charge in [-0.2, -0.15) is 4.72 Å². The van der Waals surface area contributed by atoms with E-state index in [0.29, 0.717) is 6.42 Å². The molecule has 0 spiro atoms. The van der Waals surface area contributed by atoms with E-state index in [0.717, 1.165) is 24.8 Å². The molecule has 1 aromatic rings. The van der Waals surface area contributed by atoms with Gasteiger partial charge in [-0.05, 0) is 37.5 Å². The van der Waals surface area contributed by atoms with Gasteiger partial charge in [0.2, 0.25) is 10.0 Å². The molecule has 5 nitrogen and oxygen atoms in total. The Morgan fingerprint density at radius 3 is 2.32 bits per heavy atom. The highest BCUT2D eigenvalue weighted by Crippen LogP contribution is 2.13. The van der Waals surface area contributed by atoms with Crippen LogP contribution in [0.3, 0.4) is 0 Å². The standard InChI is InChI=1S/C16H25NO4S/c1-4-7-8-15(16(18)21-6-3)17-22(19,20)14-11-9-13(5-2)10-12-14/h9-12,15,17H,4-8H2,1-3H3. The van der Waals surface area contributed by atoms with Gasteiger partial charge in [-0.3, -0.25) is 4.79 Å². The van der Waals surface area contributed by atoms with Crippen molar-refractivity contribution in [3.63, 3.8) is 0 Å². The van der Waals surface area contributed by atoms with Crippen LogP contribution in [0.25, 0.3) is 0 Å². The number of ether oxygens (including phenoxy) is 1. The number of rotatable bonds is 9. The third kappa shape index (κ3) is 5.42. The minimum absolute atomic E-state index is 0.162. The fourth-order valence-electron chi connectivity index (χ4n) is 2.04. The number of unbranched alkanes of at least 4 members (excludes halogenated alkanes) is 1. The lowest BCUT2D eigenvalue weighted by Gasteiger charge is -2.17. The number of carbonyl (C=O) groups excluding carboxylic acids is 1. The smallest absolute Gasteiger partial charge is 0.324 e. The van der Waals surface area contributed by atoms with Gasteiger partial charge >= 0.3 is 5.97 Å². The SMILES string of the molecule is CCCCC(NS(=O)(=O)c1ccc(CC)cc1)C(=O)OCC. The minimum atomic E-state index is -3.73. The van der Waals surface area contributed by atoms with Gasteiger partial charge in [0.25, 0.3) is 0 Å². The highest BCUT2D eigenvalue weighted by molar-refractivity contribution is 7.89. The number of aryl methyl sites for hydroxylation is 1. The average Bonchev–Trinajstić information content (AvgIpc) is 2.51. The molecule has 1 N–H and O–H groups in total. The summed E-state index contributed by atoms with van der Waals surface area (Å²) < 4.78 is 32.2. The molecule has 124 valence electrons. The molecule has 1 rings (SSSR count). The zero-order valence-corrected chi connectivity index (χ0v) is 14.3. The van der Waals surface area contributed by atoms with Gasteiger partial charge < -0.3 is 4.74 Å². The Labute approximate surface area is 133 Å². The van der Waals surface area contributed by atoms with Gasteiger partial charge in [-0.25, -0.2) is 8.42 Å². The zero-order valence-electron chi connectivity index (χ0n) is 13.5. The summed E-state index contributed by atoms with van der Waals surface area (Å²) in [4.78, 5) is 12.1. The summed E-state index contributed by atoms with van der Waals surface area (Å²) in [5.74, 6) is -0.523. The predicted octanol–water partition coefficient (Wildman–Crippen LogP) is 2.65. The Hall–Kier alpha value is -1.40. The average molecular weight is 327 g/mol. The van der Waals surface area contributed by atoms with Gasteiger partial charge in [0.15, 0.2) is 0 Å². The molecule has 0 saturated carbocycles. The lowest BCUT2D eigenvalue weighted by molar-refractivity contribution is -0.145. The van der Waals surface area contributed by atoms with Crippen LogP contribution in [0.5, 0.6) is 0 Å². The topological polar surface area (TPSA) is 72.5 Å². The number of benzene rings is 1. The van der Waals surface area contributed by atoms with E-state index < -0.39 is 22.0 Å². The molecule has 1 unspecified atom stereocenters. The van der Waals surface area contributed by atoms with E-state index >= 15 is 0 Å². The van der Waals surface area contributed by atoms with Crippen LogP contribution in [-0.4, -0.2) is 27.0 Å². The molecule has 0 amide bonds. The van der Waals surface area contributed by atoms with Gasteiger partial charge in [0, 0.05) is 0 Å². The van der Waals surface area contributed by atoms with Crippen molar-refractivity contribution in [2.24, 2.45) is 0 Å². The molecule has 0 aliphatic rings. The summed E-state index contributed by atoms with van der Waals surface area (Å²) in [5, 5.41) is 0. The van der Waals surface area contributed by atoms with Crippen LogP contribution in [0.4, 0.5) is 0 Å². The van der Waals surface area contributed by atoms with Crippen molar-refractivity contribution >= 4 is 16.0 Å². The second-order valence-electron chi connectivity index (χ2n) is 5.07. The summed E-state index contributed by atoms with van der Waals surface area (Å²) in [5.41, 5.74) is 1.06. The second-order valence-corrected chi connectivity index (χ2v) is 6.78. The first-order chi connectivity index (χ1) is 10.4. The maximum atomic E-state index is 12.4. The lowest BCUT2D eigenvalue weighted by atomic mass is 10.1. The van der Waals surface area contributed by atoms with Crippen molar-refractivity contribution in [3.8, 4) is 0 Å². The number of nitrogens with one attached hydrogen (secondary N) is 1. The second kappa shape index (κ2) is 8.90. The normalized spacial score (nSPS) is 12.9. The Balaban J connectivity index is 2.90. The maximum Gasteiger partial charge on any atom is 0.324 e. The van der Waals surface area contributed by atoms with Crippen LogP contribution < -0.4 is 4.72 Å². The zero-order chi connectivity index (χ0) is 16.6. The minimum Gasteiger partial charge on any atom is -0.465 e.